The SMILES string of the molecule is COC(CN1CC=CN(c2ccccc2)N1)OC.NC(=O)O. The highest BCUT2D eigenvalue weighted by molar-refractivity contribution is 5.61. The maximum atomic E-state index is 8.78. The average Bonchev–Trinajstić information content (AvgIpc) is 2.53. The first-order valence-electron chi connectivity index (χ1n) is 6.63. The summed E-state index contributed by atoms with van der Waals surface area (Å²) >= 11 is 0. The molecule has 0 saturated carbocycles. The van der Waals surface area contributed by atoms with E-state index in [0.717, 1.165) is 12.2 Å². The minimum Gasteiger partial charge on any atom is -0.465 e. The van der Waals surface area contributed by atoms with Crippen molar-refractivity contribution in [1.29, 1.82) is 0 Å². The van der Waals surface area contributed by atoms with Crippen molar-refractivity contribution in [2.24, 2.45) is 5.73 Å². The van der Waals surface area contributed by atoms with Crippen molar-refractivity contribution in [1.82, 2.24) is 10.5 Å². The molecule has 0 unspecified atom stereocenters. The van der Waals surface area contributed by atoms with E-state index in [4.69, 9.17) is 19.4 Å². The number of nitrogens with two attached hydrogens (primary N) is 1. The number of anilines is 1. The van der Waals surface area contributed by atoms with Crippen LogP contribution in [0.5, 0.6) is 0 Å². The molecule has 0 atom stereocenters. The monoisotopic (exact) mass is 310 g/mol. The standard InChI is InChI=1S/C13H19N3O2.CH3NO2/c1-17-13(18-2)11-15-9-6-10-16(14-15)12-7-4-3-5-8-12;2-1(3)4/h3-8,10,13-14H,9,11H2,1-2H3;2H2,(H,3,4). The summed E-state index contributed by atoms with van der Waals surface area (Å²) < 4.78 is 10.4. The van der Waals surface area contributed by atoms with Gasteiger partial charge in [0.05, 0.1) is 12.2 Å². The van der Waals surface area contributed by atoms with E-state index in [1.54, 1.807) is 14.2 Å². The van der Waals surface area contributed by atoms with E-state index >= 15 is 0 Å². The number of hydrazine groups is 2. The lowest BCUT2D eigenvalue weighted by Crippen LogP contribution is -2.53. The molecule has 8 heteroatoms. The van der Waals surface area contributed by atoms with Crippen LogP contribution in [0.25, 0.3) is 0 Å². The molecule has 1 aromatic carbocycles. The van der Waals surface area contributed by atoms with E-state index in [1.807, 2.05) is 46.5 Å². The zero-order chi connectivity index (χ0) is 16.4. The van der Waals surface area contributed by atoms with Gasteiger partial charge in [0.15, 0.2) is 6.29 Å². The molecule has 0 radical (unpaired) electrons. The van der Waals surface area contributed by atoms with Crippen LogP contribution >= 0.6 is 0 Å². The van der Waals surface area contributed by atoms with Crippen molar-refractivity contribution in [2.45, 2.75) is 6.29 Å². The Bertz CT molecular complexity index is 461. The maximum absolute atomic E-state index is 8.78. The third-order valence-electron chi connectivity index (χ3n) is 2.76. The molecule has 1 amide bonds. The van der Waals surface area contributed by atoms with Crippen LogP contribution in [-0.2, 0) is 9.47 Å². The summed E-state index contributed by atoms with van der Waals surface area (Å²) in [7, 11) is 3.28. The molecule has 1 aliphatic rings. The molecule has 1 aromatic rings. The first kappa shape index (κ1) is 17.9. The lowest BCUT2D eigenvalue weighted by atomic mass is 10.3. The molecule has 122 valence electrons. The summed E-state index contributed by atoms with van der Waals surface area (Å²) in [6.45, 7) is 1.47. The van der Waals surface area contributed by atoms with E-state index in [1.165, 1.54) is 0 Å². The number of carbonyl (C=O) groups is 1. The van der Waals surface area contributed by atoms with E-state index in [2.05, 4.69) is 17.3 Å². The number of hydrogen-bond donors (Lipinski definition) is 3. The van der Waals surface area contributed by atoms with Crippen LogP contribution in [0.4, 0.5) is 10.5 Å². The summed E-state index contributed by atoms with van der Waals surface area (Å²) in [4.78, 5) is 8.78. The van der Waals surface area contributed by atoms with Gasteiger partial charge in [-0.25, -0.2) is 9.80 Å². The second-order valence-electron chi connectivity index (χ2n) is 4.33. The van der Waals surface area contributed by atoms with Crippen LogP contribution in [0, 0.1) is 0 Å². The highest BCUT2D eigenvalue weighted by Crippen LogP contribution is 2.13. The van der Waals surface area contributed by atoms with Crippen LogP contribution < -0.4 is 16.3 Å². The Kier molecular flexibility index (Phi) is 7.94. The van der Waals surface area contributed by atoms with Gasteiger partial charge < -0.3 is 20.3 Å². The highest BCUT2D eigenvalue weighted by Gasteiger charge is 2.17. The number of benzene rings is 1. The molecule has 0 aromatic heterocycles. The van der Waals surface area contributed by atoms with Gasteiger partial charge in [0.2, 0.25) is 0 Å². The van der Waals surface area contributed by atoms with Gasteiger partial charge in [-0.3, -0.25) is 5.01 Å². The number of nitrogens with one attached hydrogen (secondary N) is 1. The summed E-state index contributed by atoms with van der Waals surface area (Å²) in [5.74, 6) is 0. The third kappa shape index (κ3) is 6.55. The second-order valence-corrected chi connectivity index (χ2v) is 4.33. The molecule has 22 heavy (non-hydrogen) atoms. The van der Waals surface area contributed by atoms with Gasteiger partial charge in [0.1, 0.15) is 0 Å². The van der Waals surface area contributed by atoms with Crippen LogP contribution in [0.15, 0.2) is 42.6 Å². The Balaban J connectivity index is 0.000000541. The largest absolute Gasteiger partial charge is 0.465 e. The number of primary amides is 1. The van der Waals surface area contributed by atoms with Crippen LogP contribution in [0.2, 0.25) is 0 Å². The van der Waals surface area contributed by atoms with E-state index in [0.29, 0.717) is 6.54 Å². The smallest absolute Gasteiger partial charge is 0.402 e. The van der Waals surface area contributed by atoms with E-state index < -0.39 is 6.09 Å². The van der Waals surface area contributed by atoms with Gasteiger partial charge in [-0.1, -0.05) is 24.3 Å². The maximum Gasteiger partial charge on any atom is 0.402 e. The fraction of sp³-hybridized carbons (Fsp3) is 0.357. The predicted octanol–water partition coefficient (Wildman–Crippen LogP) is 0.984. The Morgan fingerprint density at radius 2 is 1.95 bits per heavy atom. The molecular weight excluding hydrogens is 288 g/mol. The van der Waals surface area contributed by atoms with Gasteiger partial charge in [0.25, 0.3) is 0 Å². The molecular formula is C14H22N4O4. The van der Waals surface area contributed by atoms with Gasteiger partial charge in [-0.2, -0.15) is 5.53 Å². The number of hydrogen-bond acceptors (Lipinski definition) is 6. The van der Waals surface area contributed by atoms with Crippen LogP contribution in [0.3, 0.4) is 0 Å². The number of methoxy groups -OCH3 is 2. The lowest BCUT2D eigenvalue weighted by Gasteiger charge is -2.34. The molecule has 0 fully saturated rings. The van der Waals surface area contributed by atoms with Crippen LogP contribution in [-0.4, -0.2) is 49.8 Å². The summed E-state index contributed by atoms with van der Waals surface area (Å²) in [6, 6.07) is 10.1. The molecule has 1 heterocycles. The molecule has 0 aliphatic carbocycles. The fourth-order valence-electron chi connectivity index (χ4n) is 1.78. The van der Waals surface area contributed by atoms with Crippen molar-refractivity contribution < 1.29 is 19.4 Å². The number of rotatable bonds is 5. The quantitative estimate of drug-likeness (QED) is 0.697. The summed E-state index contributed by atoms with van der Waals surface area (Å²) in [5, 5.41) is 11.2. The van der Waals surface area contributed by atoms with E-state index in [9.17, 15) is 0 Å². The van der Waals surface area contributed by atoms with Gasteiger partial charge >= 0.3 is 6.09 Å². The fourth-order valence-corrected chi connectivity index (χ4v) is 1.78. The molecule has 1 aliphatic heterocycles. The first-order valence-corrected chi connectivity index (χ1v) is 6.63. The highest BCUT2D eigenvalue weighted by atomic mass is 16.7. The van der Waals surface area contributed by atoms with Crippen molar-refractivity contribution in [3.8, 4) is 0 Å². The number of amides is 1. The van der Waals surface area contributed by atoms with E-state index in [-0.39, 0.29) is 6.29 Å². The zero-order valence-electron chi connectivity index (χ0n) is 12.7. The minimum atomic E-state index is -1.33. The number of para-hydroxylation sites is 1. The van der Waals surface area contributed by atoms with Crippen LogP contribution in [0.1, 0.15) is 0 Å². The zero-order valence-corrected chi connectivity index (χ0v) is 12.7. The molecule has 0 bridgehead atoms. The molecule has 0 spiro atoms. The molecule has 2 rings (SSSR count). The third-order valence-corrected chi connectivity index (χ3v) is 2.76. The first-order chi connectivity index (χ1) is 10.6. The summed E-state index contributed by atoms with van der Waals surface area (Å²) in [5.41, 5.74) is 8.40. The Hall–Kier alpha value is -2.13. The summed E-state index contributed by atoms with van der Waals surface area (Å²) in [6.07, 6.45) is 2.54. The van der Waals surface area contributed by atoms with Crippen molar-refractivity contribution in [3.63, 3.8) is 0 Å². The lowest BCUT2D eigenvalue weighted by molar-refractivity contribution is -0.121. The van der Waals surface area contributed by atoms with Gasteiger partial charge in [-0.05, 0) is 12.1 Å². The van der Waals surface area contributed by atoms with Gasteiger partial charge in [-0.15, -0.1) is 0 Å². The molecule has 0 saturated heterocycles. The number of ether oxygens (including phenoxy) is 2. The molecule has 4 N–H and O–H groups in total. The Morgan fingerprint density at radius 1 is 1.36 bits per heavy atom. The predicted molar refractivity (Wildman–Crippen MR) is 82.8 cm³/mol. The van der Waals surface area contributed by atoms with Crippen molar-refractivity contribution in [3.05, 3.63) is 42.6 Å². The average molecular weight is 310 g/mol. The Morgan fingerprint density at radius 3 is 2.50 bits per heavy atom. The normalized spacial score (nSPS) is 14.6. The second kappa shape index (κ2) is 9.74. The topological polar surface area (TPSA) is 100 Å². The van der Waals surface area contributed by atoms with Gasteiger partial charge in [0, 0.05) is 27.0 Å². The molecule has 8 nitrogen and oxygen atoms in total. The number of carboxylic acid groups (broad SMARTS) is 1. The number of nitrogens with zero attached hydrogens (tertiary/aromatic N) is 2. The minimum absolute atomic E-state index is 0.235. The van der Waals surface area contributed by atoms with Crippen molar-refractivity contribution >= 4 is 11.8 Å². The Labute approximate surface area is 129 Å². The van der Waals surface area contributed by atoms with Crippen molar-refractivity contribution in [2.75, 3.05) is 32.3 Å².